The summed E-state index contributed by atoms with van der Waals surface area (Å²) in [4.78, 5) is 2.12. The molecule has 0 unspecified atom stereocenters. The molecule has 0 amide bonds. The van der Waals surface area contributed by atoms with Crippen LogP contribution in [0.5, 0.6) is 5.75 Å². The van der Waals surface area contributed by atoms with Gasteiger partial charge in [0.15, 0.2) is 0 Å². The van der Waals surface area contributed by atoms with Crippen LogP contribution in [0, 0.1) is 13.8 Å². The second kappa shape index (κ2) is 6.95. The molecule has 0 atom stereocenters. The predicted molar refractivity (Wildman–Crippen MR) is 91.2 cm³/mol. The average molecular weight is 299 g/mol. The monoisotopic (exact) mass is 299 g/mol. The van der Waals surface area contributed by atoms with Crippen LogP contribution < -0.4 is 4.74 Å². The van der Waals surface area contributed by atoms with Crippen molar-refractivity contribution >= 4 is 0 Å². The van der Waals surface area contributed by atoms with Crippen LogP contribution in [0.1, 0.15) is 22.3 Å². The van der Waals surface area contributed by atoms with Gasteiger partial charge >= 0.3 is 0 Å². The molecule has 2 aromatic carbocycles. The zero-order chi connectivity index (χ0) is 16.3. The Morgan fingerprint density at radius 1 is 1.05 bits per heavy atom. The zero-order valence-corrected chi connectivity index (χ0v) is 14.1. The molecule has 0 bridgehead atoms. The van der Waals surface area contributed by atoms with Gasteiger partial charge in [0.25, 0.3) is 0 Å². The van der Waals surface area contributed by atoms with Gasteiger partial charge in [0.1, 0.15) is 5.75 Å². The molecule has 0 radical (unpaired) electrons. The highest BCUT2D eigenvalue weighted by Gasteiger charge is 2.11. The highest BCUT2D eigenvalue weighted by molar-refractivity contribution is 5.70. The Hall–Kier alpha value is -1.84. The van der Waals surface area contributed by atoms with Crippen LogP contribution in [0.2, 0.25) is 0 Å². The minimum atomic E-state index is 0.0424. The van der Waals surface area contributed by atoms with E-state index in [1.807, 2.05) is 27.9 Å². The van der Waals surface area contributed by atoms with Crippen molar-refractivity contribution in [3.63, 3.8) is 0 Å². The van der Waals surface area contributed by atoms with Crippen LogP contribution in [-0.4, -0.2) is 31.2 Å². The minimum Gasteiger partial charge on any atom is -0.496 e. The van der Waals surface area contributed by atoms with Crippen molar-refractivity contribution in [2.45, 2.75) is 27.0 Å². The third-order valence-corrected chi connectivity index (χ3v) is 3.81. The lowest BCUT2D eigenvalue weighted by Crippen LogP contribution is -2.11. The summed E-state index contributed by atoms with van der Waals surface area (Å²) >= 11 is 0. The van der Waals surface area contributed by atoms with Crippen molar-refractivity contribution < 1.29 is 9.84 Å². The van der Waals surface area contributed by atoms with Crippen LogP contribution in [0.4, 0.5) is 0 Å². The molecule has 0 heterocycles. The summed E-state index contributed by atoms with van der Waals surface area (Å²) in [5.74, 6) is 0.929. The van der Waals surface area contributed by atoms with Crippen LogP contribution >= 0.6 is 0 Å². The van der Waals surface area contributed by atoms with E-state index in [1.54, 1.807) is 7.11 Å². The Morgan fingerprint density at radius 2 is 1.68 bits per heavy atom. The van der Waals surface area contributed by atoms with Crippen molar-refractivity contribution in [2.24, 2.45) is 0 Å². The molecule has 0 saturated carbocycles. The molecule has 0 aliphatic carbocycles. The number of aliphatic hydroxyl groups excluding tert-OH is 1. The lowest BCUT2D eigenvalue weighted by molar-refractivity contribution is 0.282. The van der Waals surface area contributed by atoms with Gasteiger partial charge in [0.2, 0.25) is 0 Å². The Labute approximate surface area is 133 Å². The van der Waals surface area contributed by atoms with Crippen molar-refractivity contribution in [3.05, 3.63) is 52.6 Å². The number of hydrogen-bond acceptors (Lipinski definition) is 3. The van der Waals surface area contributed by atoms with Gasteiger partial charge in [0.05, 0.1) is 13.7 Å². The number of aliphatic hydroxyl groups is 1. The van der Waals surface area contributed by atoms with Gasteiger partial charge < -0.3 is 14.7 Å². The van der Waals surface area contributed by atoms with Crippen LogP contribution in [0.15, 0.2) is 30.3 Å². The summed E-state index contributed by atoms with van der Waals surface area (Å²) in [5, 5.41) is 9.74. The minimum absolute atomic E-state index is 0.0424. The molecule has 0 fully saturated rings. The number of benzene rings is 2. The summed E-state index contributed by atoms with van der Waals surface area (Å²) in [6.45, 7) is 5.01. The van der Waals surface area contributed by atoms with Gasteiger partial charge in [-0.05, 0) is 73.5 Å². The van der Waals surface area contributed by atoms with E-state index >= 15 is 0 Å². The molecule has 118 valence electrons. The zero-order valence-electron chi connectivity index (χ0n) is 14.1. The molecular formula is C19H25NO2. The van der Waals surface area contributed by atoms with Gasteiger partial charge in [-0.15, -0.1) is 0 Å². The maximum Gasteiger partial charge on any atom is 0.124 e. The first-order valence-electron chi connectivity index (χ1n) is 7.49. The standard InChI is InChI=1S/C19H25NO2/c1-13-8-16(9-14(2)19(13)22-5)18-7-6-15(11-20(3)4)10-17(18)12-21/h6-10,21H,11-12H2,1-5H3. The predicted octanol–water partition coefficient (Wildman–Crippen LogP) is 3.53. The smallest absolute Gasteiger partial charge is 0.124 e. The third kappa shape index (κ3) is 3.49. The van der Waals surface area contributed by atoms with Crippen molar-refractivity contribution in [1.82, 2.24) is 4.90 Å². The van der Waals surface area contributed by atoms with E-state index in [2.05, 4.69) is 35.2 Å². The van der Waals surface area contributed by atoms with Crippen molar-refractivity contribution in [3.8, 4) is 16.9 Å². The lowest BCUT2D eigenvalue weighted by Gasteiger charge is -2.16. The Balaban J connectivity index is 2.48. The fraction of sp³-hybridized carbons (Fsp3) is 0.368. The number of methoxy groups -OCH3 is 1. The molecule has 0 saturated heterocycles. The molecule has 2 rings (SSSR count). The van der Waals surface area contributed by atoms with E-state index < -0.39 is 0 Å². The number of nitrogens with zero attached hydrogens (tertiary/aromatic N) is 1. The fourth-order valence-corrected chi connectivity index (χ4v) is 2.95. The van der Waals surface area contributed by atoms with Crippen LogP contribution in [0.3, 0.4) is 0 Å². The van der Waals surface area contributed by atoms with E-state index in [0.717, 1.165) is 40.1 Å². The van der Waals surface area contributed by atoms with E-state index in [4.69, 9.17) is 4.74 Å². The van der Waals surface area contributed by atoms with Gasteiger partial charge in [0, 0.05) is 6.54 Å². The number of hydrogen-bond donors (Lipinski definition) is 1. The van der Waals surface area contributed by atoms with Crippen molar-refractivity contribution in [1.29, 1.82) is 0 Å². The summed E-state index contributed by atoms with van der Waals surface area (Å²) < 4.78 is 5.43. The summed E-state index contributed by atoms with van der Waals surface area (Å²) in [6, 6.07) is 10.6. The highest BCUT2D eigenvalue weighted by atomic mass is 16.5. The number of rotatable bonds is 5. The molecular weight excluding hydrogens is 274 g/mol. The first kappa shape index (κ1) is 16.5. The lowest BCUT2D eigenvalue weighted by atomic mass is 9.94. The second-order valence-electron chi connectivity index (χ2n) is 6.03. The van der Waals surface area contributed by atoms with Crippen molar-refractivity contribution in [2.75, 3.05) is 21.2 Å². The number of aryl methyl sites for hydroxylation is 2. The molecule has 22 heavy (non-hydrogen) atoms. The van der Waals surface area contributed by atoms with E-state index in [1.165, 1.54) is 5.56 Å². The van der Waals surface area contributed by atoms with Crippen LogP contribution in [0.25, 0.3) is 11.1 Å². The maximum absolute atomic E-state index is 9.74. The highest BCUT2D eigenvalue weighted by Crippen LogP contribution is 2.32. The first-order chi connectivity index (χ1) is 10.5. The second-order valence-corrected chi connectivity index (χ2v) is 6.03. The molecule has 0 aromatic heterocycles. The molecule has 2 aromatic rings. The molecule has 0 aliphatic heterocycles. The summed E-state index contributed by atoms with van der Waals surface area (Å²) in [7, 11) is 5.79. The molecule has 3 heteroatoms. The largest absolute Gasteiger partial charge is 0.496 e. The van der Waals surface area contributed by atoms with Gasteiger partial charge in [-0.1, -0.05) is 18.2 Å². The normalized spacial score (nSPS) is 11.0. The van der Waals surface area contributed by atoms with Crippen LogP contribution in [-0.2, 0) is 13.2 Å². The third-order valence-electron chi connectivity index (χ3n) is 3.81. The number of ether oxygens (including phenoxy) is 1. The SMILES string of the molecule is COc1c(C)cc(-c2ccc(CN(C)C)cc2CO)cc1C. The first-order valence-corrected chi connectivity index (χ1v) is 7.49. The Morgan fingerprint density at radius 3 is 2.18 bits per heavy atom. The molecule has 0 spiro atoms. The molecule has 3 nitrogen and oxygen atoms in total. The van der Waals surface area contributed by atoms with E-state index in [9.17, 15) is 5.11 Å². The topological polar surface area (TPSA) is 32.7 Å². The summed E-state index contributed by atoms with van der Waals surface area (Å²) in [5.41, 5.74) is 6.59. The average Bonchev–Trinajstić information content (AvgIpc) is 2.46. The van der Waals surface area contributed by atoms with E-state index in [-0.39, 0.29) is 6.61 Å². The molecule has 0 aliphatic rings. The van der Waals surface area contributed by atoms with Gasteiger partial charge in [-0.2, -0.15) is 0 Å². The molecule has 1 N–H and O–H groups in total. The quantitative estimate of drug-likeness (QED) is 0.916. The van der Waals surface area contributed by atoms with Gasteiger partial charge in [-0.25, -0.2) is 0 Å². The summed E-state index contributed by atoms with van der Waals surface area (Å²) in [6.07, 6.45) is 0. The van der Waals surface area contributed by atoms with Gasteiger partial charge in [-0.3, -0.25) is 0 Å². The maximum atomic E-state index is 9.74. The Bertz CT molecular complexity index is 639. The van der Waals surface area contributed by atoms with E-state index in [0.29, 0.717) is 0 Å². The fourth-order valence-electron chi connectivity index (χ4n) is 2.95. The Kier molecular flexibility index (Phi) is 5.22.